The summed E-state index contributed by atoms with van der Waals surface area (Å²) < 4.78 is 0. The average Bonchev–Trinajstić information content (AvgIpc) is 2.43. The molecule has 0 aromatic rings. The Labute approximate surface area is 113 Å². The maximum Gasteiger partial charge on any atom is 0.0197 e. The minimum atomic E-state index is 0.526. The van der Waals surface area contributed by atoms with E-state index in [0.717, 1.165) is 17.8 Å². The SMILES string of the molecule is CC1CCCCCCCC1C1C=CC(S)CC1. The predicted molar refractivity (Wildman–Crippen MR) is 79.6 cm³/mol. The average molecular weight is 252 g/mol. The molecule has 0 N–H and O–H groups in total. The molecule has 0 bridgehead atoms. The topological polar surface area (TPSA) is 0 Å². The van der Waals surface area contributed by atoms with E-state index in [1.54, 1.807) is 0 Å². The first-order chi connectivity index (χ1) is 8.27. The normalized spacial score (nSPS) is 40.4. The highest BCUT2D eigenvalue weighted by atomic mass is 32.1. The standard InChI is InChI=1S/C16H28S/c1-13-7-5-3-2-4-6-8-16(13)14-9-11-15(17)12-10-14/h9,11,13-17H,2-8,10,12H2,1H3. The summed E-state index contributed by atoms with van der Waals surface area (Å²) in [6.07, 6.45) is 17.7. The molecule has 98 valence electrons. The summed E-state index contributed by atoms with van der Waals surface area (Å²) in [5.41, 5.74) is 0. The Hall–Kier alpha value is 0.0900. The third kappa shape index (κ3) is 4.05. The molecule has 0 aromatic heterocycles. The number of hydrogen-bond donors (Lipinski definition) is 1. The molecule has 17 heavy (non-hydrogen) atoms. The molecule has 2 rings (SSSR count). The molecule has 0 aliphatic heterocycles. The fourth-order valence-electron chi connectivity index (χ4n) is 3.69. The van der Waals surface area contributed by atoms with Crippen LogP contribution in [0.5, 0.6) is 0 Å². The van der Waals surface area contributed by atoms with Crippen molar-refractivity contribution in [3.05, 3.63) is 12.2 Å². The summed E-state index contributed by atoms with van der Waals surface area (Å²) in [6, 6.07) is 0. The molecule has 0 radical (unpaired) electrons. The lowest BCUT2D eigenvalue weighted by Gasteiger charge is -2.32. The highest BCUT2D eigenvalue weighted by Crippen LogP contribution is 2.37. The monoisotopic (exact) mass is 252 g/mol. The van der Waals surface area contributed by atoms with Crippen molar-refractivity contribution in [3.63, 3.8) is 0 Å². The largest absolute Gasteiger partial charge is 0.172 e. The van der Waals surface area contributed by atoms with Crippen molar-refractivity contribution in [2.75, 3.05) is 0 Å². The lowest BCUT2D eigenvalue weighted by molar-refractivity contribution is 0.230. The molecule has 0 heterocycles. The highest BCUT2D eigenvalue weighted by molar-refractivity contribution is 7.81. The summed E-state index contributed by atoms with van der Waals surface area (Å²) in [7, 11) is 0. The van der Waals surface area contributed by atoms with Crippen molar-refractivity contribution < 1.29 is 0 Å². The molecule has 1 heteroatoms. The van der Waals surface area contributed by atoms with Crippen LogP contribution < -0.4 is 0 Å². The fraction of sp³-hybridized carbons (Fsp3) is 0.875. The predicted octanol–water partition coefficient (Wildman–Crippen LogP) is 5.25. The summed E-state index contributed by atoms with van der Waals surface area (Å²) >= 11 is 4.56. The van der Waals surface area contributed by atoms with Crippen LogP contribution in [0.3, 0.4) is 0 Å². The van der Waals surface area contributed by atoms with E-state index in [2.05, 4.69) is 31.7 Å². The summed E-state index contributed by atoms with van der Waals surface area (Å²) in [4.78, 5) is 0. The molecule has 0 saturated heterocycles. The molecule has 4 atom stereocenters. The molecule has 1 fully saturated rings. The number of hydrogen-bond acceptors (Lipinski definition) is 1. The van der Waals surface area contributed by atoms with Gasteiger partial charge in [0.25, 0.3) is 0 Å². The van der Waals surface area contributed by atoms with E-state index in [1.165, 1.54) is 57.8 Å². The van der Waals surface area contributed by atoms with E-state index in [4.69, 9.17) is 0 Å². The molecule has 4 unspecified atom stereocenters. The number of rotatable bonds is 1. The van der Waals surface area contributed by atoms with Gasteiger partial charge in [-0.1, -0.05) is 57.6 Å². The van der Waals surface area contributed by atoms with Gasteiger partial charge in [0, 0.05) is 5.25 Å². The van der Waals surface area contributed by atoms with Crippen LogP contribution in [0, 0.1) is 17.8 Å². The summed E-state index contributed by atoms with van der Waals surface area (Å²) in [5, 5.41) is 0.526. The Kier molecular flexibility index (Phi) is 5.47. The highest BCUT2D eigenvalue weighted by Gasteiger charge is 2.27. The van der Waals surface area contributed by atoms with E-state index >= 15 is 0 Å². The Morgan fingerprint density at radius 1 is 0.824 bits per heavy atom. The van der Waals surface area contributed by atoms with Crippen molar-refractivity contribution in [2.45, 2.75) is 70.0 Å². The lowest BCUT2D eigenvalue weighted by atomic mass is 9.74. The van der Waals surface area contributed by atoms with E-state index in [1.807, 2.05) is 0 Å². The number of thiol groups is 1. The van der Waals surface area contributed by atoms with E-state index < -0.39 is 0 Å². The zero-order chi connectivity index (χ0) is 12.1. The first-order valence-corrected chi connectivity index (χ1v) is 8.15. The van der Waals surface area contributed by atoms with Crippen molar-refractivity contribution in [1.29, 1.82) is 0 Å². The van der Waals surface area contributed by atoms with Crippen LogP contribution in [0.4, 0.5) is 0 Å². The molecule has 1 saturated carbocycles. The lowest BCUT2D eigenvalue weighted by Crippen LogP contribution is -2.23. The minimum Gasteiger partial charge on any atom is -0.172 e. The van der Waals surface area contributed by atoms with Gasteiger partial charge in [0.1, 0.15) is 0 Å². The zero-order valence-corrected chi connectivity index (χ0v) is 12.2. The second kappa shape index (κ2) is 6.87. The van der Waals surface area contributed by atoms with E-state index in [0.29, 0.717) is 5.25 Å². The smallest absolute Gasteiger partial charge is 0.0197 e. The van der Waals surface area contributed by atoms with Gasteiger partial charge < -0.3 is 0 Å². The molecule has 0 aromatic carbocycles. The Bertz CT molecular complexity index is 246. The maximum absolute atomic E-state index is 4.56. The summed E-state index contributed by atoms with van der Waals surface area (Å²) in [6.45, 7) is 2.50. The molecular formula is C16H28S. The quantitative estimate of drug-likeness (QED) is 0.478. The Morgan fingerprint density at radius 2 is 1.53 bits per heavy atom. The van der Waals surface area contributed by atoms with Gasteiger partial charge in [-0.15, -0.1) is 0 Å². The van der Waals surface area contributed by atoms with Gasteiger partial charge in [0.2, 0.25) is 0 Å². The Morgan fingerprint density at radius 3 is 2.24 bits per heavy atom. The zero-order valence-electron chi connectivity index (χ0n) is 11.3. The van der Waals surface area contributed by atoms with Crippen LogP contribution in [0.25, 0.3) is 0 Å². The van der Waals surface area contributed by atoms with Crippen LogP contribution >= 0.6 is 12.6 Å². The van der Waals surface area contributed by atoms with E-state index in [9.17, 15) is 0 Å². The molecule has 0 nitrogen and oxygen atoms in total. The molecule has 0 spiro atoms. The van der Waals surface area contributed by atoms with Gasteiger partial charge in [-0.3, -0.25) is 0 Å². The van der Waals surface area contributed by atoms with Gasteiger partial charge >= 0.3 is 0 Å². The second-order valence-electron chi connectivity index (χ2n) is 6.18. The molecule has 2 aliphatic carbocycles. The minimum absolute atomic E-state index is 0.526. The van der Waals surface area contributed by atoms with E-state index in [-0.39, 0.29) is 0 Å². The van der Waals surface area contributed by atoms with Crippen molar-refractivity contribution >= 4 is 12.6 Å². The van der Waals surface area contributed by atoms with Gasteiger partial charge in [-0.25, -0.2) is 0 Å². The van der Waals surface area contributed by atoms with Gasteiger partial charge in [-0.2, -0.15) is 12.6 Å². The molecular weight excluding hydrogens is 224 g/mol. The number of allylic oxidation sites excluding steroid dienone is 1. The maximum atomic E-state index is 4.56. The second-order valence-corrected chi connectivity index (χ2v) is 6.84. The van der Waals surface area contributed by atoms with Gasteiger partial charge in [0.15, 0.2) is 0 Å². The van der Waals surface area contributed by atoms with Crippen molar-refractivity contribution in [3.8, 4) is 0 Å². The fourth-order valence-corrected chi connectivity index (χ4v) is 3.94. The van der Waals surface area contributed by atoms with Gasteiger partial charge in [0.05, 0.1) is 0 Å². The third-order valence-corrected chi connectivity index (χ3v) is 5.28. The third-order valence-electron chi connectivity index (χ3n) is 4.85. The first-order valence-electron chi connectivity index (χ1n) is 7.64. The molecule has 2 aliphatic rings. The summed E-state index contributed by atoms with van der Waals surface area (Å²) in [5.74, 6) is 2.73. The van der Waals surface area contributed by atoms with Gasteiger partial charge in [-0.05, 0) is 37.0 Å². The van der Waals surface area contributed by atoms with Crippen LogP contribution in [0.1, 0.15) is 64.7 Å². The van der Waals surface area contributed by atoms with Crippen LogP contribution in [0.2, 0.25) is 0 Å². The van der Waals surface area contributed by atoms with Crippen molar-refractivity contribution in [2.24, 2.45) is 17.8 Å². The van der Waals surface area contributed by atoms with Crippen LogP contribution in [0.15, 0.2) is 12.2 Å². The van der Waals surface area contributed by atoms with Crippen molar-refractivity contribution in [1.82, 2.24) is 0 Å². The van der Waals surface area contributed by atoms with Crippen LogP contribution in [-0.2, 0) is 0 Å². The molecule has 0 amide bonds. The Balaban J connectivity index is 1.97. The van der Waals surface area contributed by atoms with Crippen LogP contribution in [-0.4, -0.2) is 5.25 Å². The first kappa shape index (κ1) is 13.5.